The van der Waals surface area contributed by atoms with Gasteiger partial charge in [-0.3, -0.25) is 14.2 Å². The molecule has 30 heavy (non-hydrogen) atoms. The summed E-state index contributed by atoms with van der Waals surface area (Å²) in [6.07, 6.45) is 3.27. The van der Waals surface area contributed by atoms with E-state index in [2.05, 4.69) is 21.9 Å². The molecule has 0 fully saturated rings. The van der Waals surface area contributed by atoms with Crippen molar-refractivity contribution in [2.24, 2.45) is 0 Å². The van der Waals surface area contributed by atoms with E-state index >= 15 is 0 Å². The Balaban J connectivity index is 1.99. The first-order chi connectivity index (χ1) is 14.5. The highest BCUT2D eigenvalue weighted by Crippen LogP contribution is 2.31. The first kappa shape index (κ1) is 21.3. The number of thioether (sulfide) groups is 1. The van der Waals surface area contributed by atoms with E-state index in [9.17, 15) is 9.59 Å². The highest BCUT2D eigenvalue weighted by molar-refractivity contribution is 8.01. The van der Waals surface area contributed by atoms with Crippen LogP contribution < -0.4 is 5.73 Å². The van der Waals surface area contributed by atoms with E-state index < -0.39 is 11.2 Å². The van der Waals surface area contributed by atoms with Gasteiger partial charge in [-0.15, -0.1) is 16.8 Å². The average Bonchev–Trinajstić information content (AvgIpc) is 3.30. The molecule has 0 saturated heterocycles. The van der Waals surface area contributed by atoms with E-state index in [-0.39, 0.29) is 12.4 Å². The van der Waals surface area contributed by atoms with Crippen LogP contribution in [0.2, 0.25) is 0 Å². The summed E-state index contributed by atoms with van der Waals surface area (Å²) in [5, 5.41) is 12.1. The van der Waals surface area contributed by atoms with Gasteiger partial charge in [0, 0.05) is 6.54 Å². The van der Waals surface area contributed by atoms with Crippen molar-refractivity contribution in [2.45, 2.75) is 30.8 Å². The number of ether oxygens (including phenoxy) is 1. The maximum atomic E-state index is 12.2. The van der Waals surface area contributed by atoms with E-state index in [4.69, 9.17) is 10.5 Å². The number of rotatable bonds is 9. The van der Waals surface area contributed by atoms with E-state index in [1.165, 1.54) is 6.92 Å². The Morgan fingerprint density at radius 3 is 2.67 bits per heavy atom. The molecule has 2 aromatic heterocycles. The summed E-state index contributed by atoms with van der Waals surface area (Å²) in [6, 6.07) is 9.47. The normalized spacial score (nSPS) is 11.8. The number of hydrogen-bond acceptors (Lipinski definition) is 8. The number of allylic oxidation sites excluding steroid dienone is 1. The Labute approximate surface area is 177 Å². The van der Waals surface area contributed by atoms with E-state index in [1.54, 1.807) is 28.4 Å². The molecule has 0 unspecified atom stereocenters. The summed E-state index contributed by atoms with van der Waals surface area (Å²) in [7, 11) is 0. The van der Waals surface area contributed by atoms with Crippen LogP contribution >= 0.6 is 11.8 Å². The van der Waals surface area contributed by atoms with Gasteiger partial charge in [0.1, 0.15) is 5.82 Å². The zero-order valence-electron chi connectivity index (χ0n) is 16.7. The van der Waals surface area contributed by atoms with Crippen molar-refractivity contribution in [3.63, 3.8) is 0 Å². The lowest BCUT2D eigenvalue weighted by Crippen LogP contribution is -2.27. The number of ketones is 1. The van der Waals surface area contributed by atoms with Gasteiger partial charge in [-0.2, -0.15) is 5.10 Å². The van der Waals surface area contributed by atoms with Gasteiger partial charge in [-0.25, -0.2) is 4.68 Å². The van der Waals surface area contributed by atoms with Crippen molar-refractivity contribution in [3.8, 4) is 17.1 Å². The van der Waals surface area contributed by atoms with Crippen LogP contribution in [0.3, 0.4) is 0 Å². The lowest BCUT2D eigenvalue weighted by Gasteiger charge is -2.13. The number of nitrogens with two attached hydrogens (primary N) is 1. The Morgan fingerprint density at radius 1 is 1.30 bits per heavy atom. The van der Waals surface area contributed by atoms with Crippen molar-refractivity contribution in [3.05, 3.63) is 49.2 Å². The van der Waals surface area contributed by atoms with Gasteiger partial charge in [-0.05, 0) is 26.0 Å². The lowest BCUT2D eigenvalue weighted by atomic mass is 10.3. The molecular weight excluding hydrogens is 404 g/mol. The first-order valence-corrected chi connectivity index (χ1v) is 10.1. The van der Waals surface area contributed by atoms with Gasteiger partial charge in [0.15, 0.2) is 22.0 Å². The second-order valence-electron chi connectivity index (χ2n) is 6.26. The third kappa shape index (κ3) is 4.28. The van der Waals surface area contributed by atoms with Gasteiger partial charge >= 0.3 is 5.97 Å². The van der Waals surface area contributed by atoms with E-state index in [0.29, 0.717) is 28.9 Å². The Hall–Kier alpha value is -3.40. The molecule has 3 aromatic rings. The number of esters is 1. The molecule has 1 aromatic carbocycles. The van der Waals surface area contributed by atoms with Gasteiger partial charge < -0.3 is 10.5 Å². The number of aromatic nitrogens is 5. The fourth-order valence-electron chi connectivity index (χ4n) is 2.79. The Kier molecular flexibility index (Phi) is 6.68. The van der Waals surface area contributed by atoms with Gasteiger partial charge in [-0.1, -0.05) is 36.0 Å². The van der Waals surface area contributed by atoms with Crippen LogP contribution in [0.1, 0.15) is 13.8 Å². The van der Waals surface area contributed by atoms with Gasteiger partial charge in [0.05, 0.1) is 24.1 Å². The highest BCUT2D eigenvalue weighted by atomic mass is 32.2. The Bertz CT molecular complexity index is 1060. The van der Waals surface area contributed by atoms with Gasteiger partial charge in [0.2, 0.25) is 0 Å². The molecule has 1 atom stereocenters. The molecule has 0 aliphatic rings. The number of benzene rings is 1. The fourth-order valence-corrected chi connectivity index (χ4v) is 3.71. The van der Waals surface area contributed by atoms with E-state index in [0.717, 1.165) is 17.4 Å². The predicted molar refractivity (Wildman–Crippen MR) is 114 cm³/mol. The average molecular weight is 427 g/mol. The highest BCUT2D eigenvalue weighted by Gasteiger charge is 2.29. The van der Waals surface area contributed by atoms with Crippen molar-refractivity contribution in [1.29, 1.82) is 0 Å². The minimum Gasteiger partial charge on any atom is -0.465 e. The first-order valence-electron chi connectivity index (χ1n) is 9.25. The summed E-state index contributed by atoms with van der Waals surface area (Å²) < 4.78 is 8.34. The molecule has 0 aliphatic carbocycles. The second-order valence-corrected chi connectivity index (χ2v) is 7.33. The molecule has 0 saturated carbocycles. The predicted octanol–water partition coefficient (Wildman–Crippen LogP) is 2.51. The number of para-hydroxylation sites is 1. The number of nitrogen functional groups attached to an aromatic ring is 1. The van der Waals surface area contributed by atoms with Crippen LogP contribution in [-0.4, -0.2) is 48.2 Å². The lowest BCUT2D eigenvalue weighted by molar-refractivity contribution is -0.144. The smallest absolute Gasteiger partial charge is 0.327 e. The van der Waals surface area contributed by atoms with Crippen molar-refractivity contribution in [2.75, 3.05) is 12.3 Å². The Morgan fingerprint density at radius 2 is 2.03 bits per heavy atom. The molecule has 0 radical (unpaired) electrons. The minimum atomic E-state index is -1.03. The molecule has 9 nitrogen and oxygen atoms in total. The SMILES string of the molecule is C=CCn1c(S[C@H](C(C)=O)C(=O)OCC)nnc1-c1cnn(-c2ccccc2)c1N. The quantitative estimate of drug-likeness (QED) is 0.240. The van der Waals surface area contributed by atoms with Crippen LogP contribution in [0.15, 0.2) is 54.3 Å². The van der Waals surface area contributed by atoms with Crippen molar-refractivity contribution < 1.29 is 14.3 Å². The number of Topliss-reactive ketones (excluding diaryl/α,β-unsaturated/α-hetero) is 1. The summed E-state index contributed by atoms with van der Waals surface area (Å²) in [6.45, 7) is 7.33. The van der Waals surface area contributed by atoms with E-state index in [1.807, 2.05) is 30.3 Å². The molecular formula is C20H22N6O3S. The van der Waals surface area contributed by atoms with Gasteiger partial charge in [0.25, 0.3) is 0 Å². The molecule has 156 valence electrons. The van der Waals surface area contributed by atoms with Crippen LogP contribution in [-0.2, 0) is 20.9 Å². The number of carbonyl (C=O) groups is 2. The van der Waals surface area contributed by atoms with Crippen molar-refractivity contribution in [1.82, 2.24) is 24.5 Å². The zero-order chi connectivity index (χ0) is 21.7. The molecule has 2 heterocycles. The molecule has 3 rings (SSSR count). The fraction of sp³-hybridized carbons (Fsp3) is 0.250. The third-order valence-corrected chi connectivity index (χ3v) is 5.44. The minimum absolute atomic E-state index is 0.184. The standard InChI is InChI=1S/C20H22N6O3S/c1-4-11-25-18(15-12-22-26(17(15)21)14-9-7-6-8-10-14)23-24-20(25)30-16(13(3)27)19(28)29-5-2/h4,6-10,12,16H,1,5,11,21H2,2-3H3/t16-/m1/s1. The van der Waals surface area contributed by atoms with Crippen LogP contribution in [0.5, 0.6) is 0 Å². The molecule has 10 heteroatoms. The largest absolute Gasteiger partial charge is 0.465 e. The molecule has 0 aliphatic heterocycles. The maximum absolute atomic E-state index is 12.2. The molecule has 0 amide bonds. The molecule has 0 bridgehead atoms. The number of nitrogens with zero attached hydrogens (tertiary/aromatic N) is 5. The van der Waals surface area contributed by atoms with Crippen LogP contribution in [0, 0.1) is 0 Å². The molecule has 0 spiro atoms. The van der Waals surface area contributed by atoms with Crippen molar-refractivity contribution >= 4 is 29.3 Å². The third-order valence-electron chi connectivity index (χ3n) is 4.17. The number of anilines is 1. The summed E-state index contributed by atoms with van der Waals surface area (Å²) in [4.78, 5) is 24.2. The monoisotopic (exact) mass is 426 g/mol. The maximum Gasteiger partial charge on any atom is 0.327 e. The topological polar surface area (TPSA) is 118 Å². The second kappa shape index (κ2) is 9.40. The zero-order valence-corrected chi connectivity index (χ0v) is 17.5. The summed E-state index contributed by atoms with van der Waals surface area (Å²) in [5.41, 5.74) is 7.73. The number of hydrogen-bond donors (Lipinski definition) is 1. The van der Waals surface area contributed by atoms with Crippen LogP contribution in [0.25, 0.3) is 17.1 Å². The number of carbonyl (C=O) groups excluding carboxylic acids is 2. The molecule has 2 N–H and O–H groups in total. The van der Waals surface area contributed by atoms with Crippen LogP contribution in [0.4, 0.5) is 5.82 Å². The summed E-state index contributed by atoms with van der Waals surface area (Å²) >= 11 is 0.985. The summed E-state index contributed by atoms with van der Waals surface area (Å²) in [5.74, 6) is -0.0853.